The molecule has 1 amide bonds. The summed E-state index contributed by atoms with van der Waals surface area (Å²) in [6, 6.07) is 12.2. The number of piperazine rings is 1. The smallest absolute Gasteiger partial charge is 0.333 e. The summed E-state index contributed by atoms with van der Waals surface area (Å²) >= 11 is 0. The van der Waals surface area contributed by atoms with Crippen LogP contribution >= 0.6 is 0 Å². The monoisotopic (exact) mass is 579 g/mol. The summed E-state index contributed by atoms with van der Waals surface area (Å²) in [5.74, 6) is -0.944. The van der Waals surface area contributed by atoms with Gasteiger partial charge in [0, 0.05) is 49.4 Å². The Kier molecular flexibility index (Phi) is 8.44. The van der Waals surface area contributed by atoms with E-state index < -0.39 is 45.9 Å². The van der Waals surface area contributed by atoms with Gasteiger partial charge in [0.1, 0.15) is 0 Å². The van der Waals surface area contributed by atoms with Gasteiger partial charge < -0.3 is 4.90 Å². The number of carbonyl (C=O) groups is 1. The number of halogens is 6. The zero-order chi connectivity index (χ0) is 30.1. The van der Waals surface area contributed by atoms with Crippen LogP contribution in [0, 0.1) is 24.0 Å². The first kappa shape index (κ1) is 30.0. The van der Waals surface area contributed by atoms with Gasteiger partial charge in [0.15, 0.2) is 0 Å². The van der Waals surface area contributed by atoms with Gasteiger partial charge in [-0.3, -0.25) is 19.8 Å². The molecule has 0 aliphatic carbocycles. The normalized spacial score (nSPS) is 16.6. The molecule has 6 nitrogen and oxygen atoms in total. The van der Waals surface area contributed by atoms with Crippen LogP contribution in [0.25, 0.3) is 0 Å². The molecular formula is C29H27F6N3O3. The minimum Gasteiger partial charge on any atom is -0.333 e. The van der Waals surface area contributed by atoms with Crippen LogP contribution in [0.1, 0.15) is 43.7 Å². The number of carbonyl (C=O) groups excluding carboxylic acids is 1. The number of nitro groups is 1. The third-order valence-corrected chi connectivity index (χ3v) is 7.29. The fraction of sp³-hybridized carbons (Fsp3) is 0.345. The molecule has 0 saturated carbocycles. The minimum absolute atomic E-state index is 0.00591. The van der Waals surface area contributed by atoms with Crippen molar-refractivity contribution in [3.05, 3.63) is 110 Å². The number of nitrogens with zero attached hydrogens (tertiary/aromatic N) is 3. The lowest BCUT2D eigenvalue weighted by Crippen LogP contribution is -2.55. The van der Waals surface area contributed by atoms with Crippen LogP contribution in [0.15, 0.2) is 60.7 Å². The van der Waals surface area contributed by atoms with E-state index in [1.165, 1.54) is 11.0 Å². The second kappa shape index (κ2) is 11.5. The Balaban J connectivity index is 1.69. The Morgan fingerprint density at radius 3 is 2.12 bits per heavy atom. The van der Waals surface area contributed by atoms with E-state index in [0.717, 1.165) is 16.7 Å². The number of para-hydroxylation sites is 1. The number of alkyl halides is 6. The lowest BCUT2D eigenvalue weighted by molar-refractivity contribution is -0.385. The molecule has 0 bridgehead atoms. The van der Waals surface area contributed by atoms with Gasteiger partial charge in [-0.15, -0.1) is 0 Å². The standard InChI is InChI=1S/C29H27F6N3O3/c1-18-7-8-20(11-19(18)2)12-25-17-36(16-21-5-3-4-6-26(21)38(40)41)9-10-37(25)27(39)22-13-23(28(30,31)32)15-24(14-22)29(33,34)35/h3-8,11,13-15,25H,9-10,12,16-17H2,1-2H3/t25-/m1/s1. The maximum atomic E-state index is 13.6. The molecule has 1 saturated heterocycles. The van der Waals surface area contributed by atoms with Gasteiger partial charge in [0.05, 0.1) is 16.1 Å². The van der Waals surface area contributed by atoms with E-state index in [4.69, 9.17) is 0 Å². The SMILES string of the molecule is Cc1ccc(C[C@@H]2CN(Cc3ccccc3[N+](=O)[O-])CCN2C(=O)c2cc(C(F)(F)F)cc(C(F)(F)F)c2)cc1C. The van der Waals surface area contributed by atoms with Gasteiger partial charge in [0.2, 0.25) is 0 Å². The van der Waals surface area contributed by atoms with Crippen molar-refractivity contribution in [2.75, 3.05) is 19.6 Å². The fourth-order valence-corrected chi connectivity index (χ4v) is 5.02. The molecule has 41 heavy (non-hydrogen) atoms. The van der Waals surface area contributed by atoms with Crippen LogP contribution in [0.5, 0.6) is 0 Å². The predicted molar refractivity (Wildman–Crippen MR) is 139 cm³/mol. The van der Waals surface area contributed by atoms with Crippen molar-refractivity contribution in [1.29, 1.82) is 0 Å². The second-order valence-electron chi connectivity index (χ2n) is 10.2. The number of rotatable bonds is 6. The van der Waals surface area contributed by atoms with E-state index in [9.17, 15) is 41.3 Å². The van der Waals surface area contributed by atoms with Crippen molar-refractivity contribution in [2.24, 2.45) is 0 Å². The summed E-state index contributed by atoms with van der Waals surface area (Å²) in [7, 11) is 0. The summed E-state index contributed by atoms with van der Waals surface area (Å²) in [4.78, 5) is 27.8. The maximum absolute atomic E-state index is 13.6. The molecule has 1 fully saturated rings. The molecule has 0 spiro atoms. The van der Waals surface area contributed by atoms with Crippen molar-refractivity contribution >= 4 is 11.6 Å². The molecule has 218 valence electrons. The van der Waals surface area contributed by atoms with Crippen molar-refractivity contribution in [3.63, 3.8) is 0 Å². The van der Waals surface area contributed by atoms with Gasteiger partial charge >= 0.3 is 12.4 Å². The van der Waals surface area contributed by atoms with Gasteiger partial charge in [-0.1, -0.05) is 36.4 Å². The molecule has 0 unspecified atom stereocenters. The third kappa shape index (κ3) is 7.05. The van der Waals surface area contributed by atoms with Crippen LogP contribution < -0.4 is 0 Å². The number of hydrogen-bond donors (Lipinski definition) is 0. The maximum Gasteiger partial charge on any atom is 0.416 e. The lowest BCUT2D eigenvalue weighted by atomic mass is 9.97. The largest absolute Gasteiger partial charge is 0.416 e. The van der Waals surface area contributed by atoms with E-state index in [-0.39, 0.29) is 44.4 Å². The van der Waals surface area contributed by atoms with Crippen molar-refractivity contribution in [1.82, 2.24) is 9.80 Å². The van der Waals surface area contributed by atoms with Gasteiger partial charge in [0.25, 0.3) is 11.6 Å². The van der Waals surface area contributed by atoms with Gasteiger partial charge in [-0.2, -0.15) is 26.3 Å². The van der Waals surface area contributed by atoms with Gasteiger partial charge in [-0.25, -0.2) is 0 Å². The molecule has 1 aliphatic rings. The number of amides is 1. The lowest BCUT2D eigenvalue weighted by Gasteiger charge is -2.42. The quantitative estimate of drug-likeness (QED) is 0.183. The molecule has 4 rings (SSSR count). The molecule has 3 aromatic carbocycles. The molecular weight excluding hydrogens is 552 g/mol. The van der Waals surface area contributed by atoms with E-state index in [1.54, 1.807) is 18.2 Å². The summed E-state index contributed by atoms with van der Waals surface area (Å²) in [6.45, 7) is 4.44. The number of hydrogen-bond acceptors (Lipinski definition) is 4. The Hall–Kier alpha value is -3.93. The van der Waals surface area contributed by atoms with Crippen LogP contribution in [0.3, 0.4) is 0 Å². The van der Waals surface area contributed by atoms with Gasteiger partial charge in [-0.05, 0) is 55.2 Å². The Morgan fingerprint density at radius 1 is 0.902 bits per heavy atom. The van der Waals surface area contributed by atoms with Crippen molar-refractivity contribution < 1.29 is 36.1 Å². The topological polar surface area (TPSA) is 66.7 Å². The number of benzene rings is 3. The molecule has 3 aromatic rings. The fourth-order valence-electron chi connectivity index (χ4n) is 5.02. The highest BCUT2D eigenvalue weighted by molar-refractivity contribution is 5.95. The number of aryl methyl sites for hydroxylation is 2. The minimum atomic E-state index is -5.09. The summed E-state index contributed by atoms with van der Waals surface area (Å²) in [5.41, 5.74) is -0.580. The van der Waals surface area contributed by atoms with Crippen LogP contribution in [-0.4, -0.2) is 46.3 Å². The van der Waals surface area contributed by atoms with Crippen LogP contribution in [0.4, 0.5) is 32.0 Å². The third-order valence-electron chi connectivity index (χ3n) is 7.29. The molecule has 1 heterocycles. The molecule has 0 N–H and O–H groups in total. The zero-order valence-corrected chi connectivity index (χ0v) is 22.2. The first-order chi connectivity index (χ1) is 19.1. The van der Waals surface area contributed by atoms with Crippen molar-refractivity contribution in [2.45, 2.75) is 45.2 Å². The summed E-state index contributed by atoms with van der Waals surface area (Å²) in [5, 5.41) is 11.5. The first-order valence-electron chi connectivity index (χ1n) is 12.7. The van der Waals surface area contributed by atoms with Crippen LogP contribution in [0.2, 0.25) is 0 Å². The molecule has 0 radical (unpaired) electrons. The highest BCUT2D eigenvalue weighted by Gasteiger charge is 2.39. The zero-order valence-electron chi connectivity index (χ0n) is 22.2. The summed E-state index contributed by atoms with van der Waals surface area (Å²) in [6.07, 6.45) is -9.89. The number of nitro benzene ring substituents is 1. The highest BCUT2D eigenvalue weighted by atomic mass is 19.4. The van der Waals surface area contributed by atoms with Crippen LogP contribution in [-0.2, 0) is 25.3 Å². The summed E-state index contributed by atoms with van der Waals surface area (Å²) < 4.78 is 80.9. The average Bonchev–Trinajstić information content (AvgIpc) is 2.89. The molecule has 12 heteroatoms. The predicted octanol–water partition coefficient (Wildman–Crippen LogP) is 6.82. The molecule has 0 aromatic heterocycles. The molecule has 1 atom stereocenters. The highest BCUT2D eigenvalue weighted by Crippen LogP contribution is 2.37. The van der Waals surface area contributed by atoms with Crippen molar-refractivity contribution in [3.8, 4) is 0 Å². The van der Waals surface area contributed by atoms with E-state index >= 15 is 0 Å². The second-order valence-corrected chi connectivity index (χ2v) is 10.2. The average molecular weight is 580 g/mol. The van der Waals surface area contributed by atoms with E-state index in [2.05, 4.69) is 0 Å². The Morgan fingerprint density at radius 2 is 1.54 bits per heavy atom. The Labute approximate surface area is 232 Å². The molecule has 1 aliphatic heterocycles. The van der Waals surface area contributed by atoms with E-state index in [1.807, 2.05) is 36.9 Å². The Bertz CT molecular complexity index is 1420. The first-order valence-corrected chi connectivity index (χ1v) is 12.7. The van der Waals surface area contributed by atoms with E-state index in [0.29, 0.717) is 17.7 Å².